The van der Waals surface area contributed by atoms with Gasteiger partial charge in [-0.2, -0.15) is 0 Å². The monoisotopic (exact) mass is 415 g/mol. The Bertz CT molecular complexity index is 961. The van der Waals surface area contributed by atoms with Gasteiger partial charge in [-0.15, -0.1) is 0 Å². The quantitative estimate of drug-likeness (QED) is 0.720. The third-order valence-electron chi connectivity index (χ3n) is 5.36. The van der Waals surface area contributed by atoms with E-state index in [1.807, 2.05) is 6.07 Å². The predicted molar refractivity (Wildman–Crippen MR) is 106 cm³/mol. The lowest BCUT2D eigenvalue weighted by atomic mass is 10.0. The first-order valence-electron chi connectivity index (χ1n) is 9.38. The van der Waals surface area contributed by atoms with Gasteiger partial charge in [0.25, 0.3) is 11.8 Å². The summed E-state index contributed by atoms with van der Waals surface area (Å²) in [6.07, 6.45) is 1.12. The molecule has 0 bridgehead atoms. The van der Waals surface area contributed by atoms with Gasteiger partial charge < -0.3 is 9.80 Å². The fraction of sp³-hybridized carbons (Fsp3) is 0.286. The summed E-state index contributed by atoms with van der Waals surface area (Å²) < 4.78 is 13.2. The second-order valence-corrected chi connectivity index (χ2v) is 7.53. The van der Waals surface area contributed by atoms with Crippen molar-refractivity contribution in [3.05, 3.63) is 64.9 Å². The Morgan fingerprint density at radius 2 is 1.72 bits per heavy atom. The highest BCUT2D eigenvalue weighted by Crippen LogP contribution is 2.27. The van der Waals surface area contributed by atoms with Gasteiger partial charge in [0.1, 0.15) is 12.4 Å². The lowest BCUT2D eigenvalue weighted by Crippen LogP contribution is -2.48. The average Bonchev–Trinajstić information content (AvgIpc) is 3.02. The van der Waals surface area contributed by atoms with E-state index >= 15 is 0 Å². The lowest BCUT2D eigenvalue weighted by Gasteiger charge is -2.36. The maximum absolute atomic E-state index is 13.2. The minimum absolute atomic E-state index is 0.0378. The molecule has 2 aromatic carbocycles. The molecule has 2 heterocycles. The second-order valence-electron chi connectivity index (χ2n) is 7.12. The second kappa shape index (κ2) is 7.83. The third kappa shape index (κ3) is 3.70. The molecule has 0 aromatic heterocycles. The standard InChI is InChI=1S/C21H19ClFN3O3/c22-18-12-14(23)6-7-17(18)20(28)24-10-8-15(9-11-24)25-13-19(27)26(21(25)29)16-4-2-1-3-5-16/h1-7,12,15H,8-11,13H2. The number of piperidine rings is 1. The van der Waals surface area contributed by atoms with Crippen molar-refractivity contribution < 1.29 is 18.8 Å². The molecule has 0 spiro atoms. The normalized spacial score (nSPS) is 17.9. The molecule has 4 rings (SSSR count). The Morgan fingerprint density at radius 3 is 2.38 bits per heavy atom. The van der Waals surface area contributed by atoms with E-state index in [-0.39, 0.29) is 41.0 Å². The summed E-state index contributed by atoms with van der Waals surface area (Å²) in [5.74, 6) is -1.01. The van der Waals surface area contributed by atoms with Crippen molar-refractivity contribution in [3.63, 3.8) is 0 Å². The molecule has 0 radical (unpaired) electrons. The number of halogens is 2. The molecule has 4 amide bonds. The lowest BCUT2D eigenvalue weighted by molar-refractivity contribution is -0.116. The van der Waals surface area contributed by atoms with Crippen molar-refractivity contribution in [2.24, 2.45) is 0 Å². The molecule has 29 heavy (non-hydrogen) atoms. The van der Waals surface area contributed by atoms with Crippen LogP contribution in [0, 0.1) is 5.82 Å². The van der Waals surface area contributed by atoms with Crippen LogP contribution in [0.3, 0.4) is 0 Å². The highest BCUT2D eigenvalue weighted by atomic mass is 35.5. The van der Waals surface area contributed by atoms with Crippen LogP contribution < -0.4 is 4.90 Å². The first-order valence-corrected chi connectivity index (χ1v) is 9.76. The van der Waals surface area contributed by atoms with Gasteiger partial charge in [-0.3, -0.25) is 9.59 Å². The maximum Gasteiger partial charge on any atom is 0.332 e. The van der Waals surface area contributed by atoms with E-state index in [2.05, 4.69) is 0 Å². The molecule has 2 saturated heterocycles. The number of carbonyl (C=O) groups is 3. The summed E-state index contributed by atoms with van der Waals surface area (Å²) in [7, 11) is 0. The summed E-state index contributed by atoms with van der Waals surface area (Å²) in [6, 6.07) is 12.1. The van der Waals surface area contributed by atoms with Crippen molar-refractivity contribution in [2.45, 2.75) is 18.9 Å². The predicted octanol–water partition coefficient (Wildman–Crippen LogP) is 3.55. The molecule has 0 atom stereocenters. The molecule has 0 saturated carbocycles. The number of hydrogen-bond acceptors (Lipinski definition) is 3. The van der Waals surface area contributed by atoms with Gasteiger partial charge >= 0.3 is 6.03 Å². The molecule has 2 aliphatic rings. The van der Waals surface area contributed by atoms with Crippen LogP contribution in [0.5, 0.6) is 0 Å². The van der Waals surface area contributed by atoms with Gasteiger partial charge in [-0.05, 0) is 43.2 Å². The first-order chi connectivity index (χ1) is 14.0. The van der Waals surface area contributed by atoms with Gasteiger partial charge in [-0.1, -0.05) is 29.8 Å². The van der Waals surface area contributed by atoms with Crippen molar-refractivity contribution in [3.8, 4) is 0 Å². The van der Waals surface area contributed by atoms with Gasteiger partial charge in [0.15, 0.2) is 0 Å². The Balaban J connectivity index is 1.41. The van der Waals surface area contributed by atoms with Crippen molar-refractivity contribution in [2.75, 3.05) is 24.5 Å². The van der Waals surface area contributed by atoms with Crippen LogP contribution in [-0.4, -0.2) is 53.3 Å². The minimum atomic E-state index is -0.495. The number of rotatable bonds is 3. The number of hydrogen-bond donors (Lipinski definition) is 0. The number of amides is 4. The molecular weight excluding hydrogens is 397 g/mol. The van der Waals surface area contributed by atoms with Gasteiger partial charge in [-0.25, -0.2) is 14.1 Å². The Morgan fingerprint density at radius 1 is 1.03 bits per heavy atom. The number of benzene rings is 2. The van der Waals surface area contributed by atoms with Crippen molar-refractivity contribution in [1.29, 1.82) is 0 Å². The number of likely N-dealkylation sites (tertiary alicyclic amines) is 1. The van der Waals surface area contributed by atoms with Crippen LogP contribution in [0.1, 0.15) is 23.2 Å². The van der Waals surface area contributed by atoms with E-state index in [4.69, 9.17) is 11.6 Å². The zero-order chi connectivity index (χ0) is 20.5. The summed E-state index contributed by atoms with van der Waals surface area (Å²) in [5.41, 5.74) is 0.817. The highest BCUT2D eigenvalue weighted by Gasteiger charge is 2.41. The van der Waals surface area contributed by atoms with E-state index in [0.29, 0.717) is 31.6 Å². The van der Waals surface area contributed by atoms with Crippen LogP contribution in [0.4, 0.5) is 14.9 Å². The number of imide groups is 1. The summed E-state index contributed by atoms with van der Waals surface area (Å²) >= 11 is 6.00. The molecule has 6 nitrogen and oxygen atoms in total. The molecule has 150 valence electrons. The Kier molecular flexibility index (Phi) is 5.24. The SMILES string of the molecule is O=C(c1ccc(F)cc1Cl)N1CCC(N2CC(=O)N(c3ccccc3)C2=O)CC1. The van der Waals surface area contributed by atoms with E-state index in [1.165, 1.54) is 17.0 Å². The van der Waals surface area contributed by atoms with E-state index in [1.54, 1.807) is 34.1 Å². The Hall–Kier alpha value is -2.93. The van der Waals surface area contributed by atoms with Crippen LogP contribution in [0.2, 0.25) is 5.02 Å². The number of anilines is 1. The van der Waals surface area contributed by atoms with Crippen molar-refractivity contribution in [1.82, 2.24) is 9.80 Å². The number of para-hydroxylation sites is 1. The molecule has 2 aromatic rings. The molecular formula is C21H19ClFN3O3. The van der Waals surface area contributed by atoms with Crippen molar-refractivity contribution >= 4 is 35.1 Å². The van der Waals surface area contributed by atoms with E-state index < -0.39 is 5.82 Å². The van der Waals surface area contributed by atoms with E-state index in [9.17, 15) is 18.8 Å². The summed E-state index contributed by atoms with van der Waals surface area (Å²) in [4.78, 5) is 42.4. The topological polar surface area (TPSA) is 60.9 Å². The molecule has 8 heteroatoms. The third-order valence-corrected chi connectivity index (χ3v) is 5.67. The number of carbonyl (C=O) groups excluding carboxylic acids is 3. The Labute approximate surface area is 172 Å². The molecule has 0 unspecified atom stereocenters. The molecule has 0 N–H and O–H groups in total. The van der Waals surface area contributed by atoms with Crippen LogP contribution >= 0.6 is 11.6 Å². The minimum Gasteiger partial charge on any atom is -0.338 e. The summed E-state index contributed by atoms with van der Waals surface area (Å²) in [5, 5.41) is 0.0796. The largest absolute Gasteiger partial charge is 0.338 e. The highest BCUT2D eigenvalue weighted by molar-refractivity contribution is 6.33. The zero-order valence-corrected chi connectivity index (χ0v) is 16.3. The first kappa shape index (κ1) is 19.4. The molecule has 0 aliphatic carbocycles. The average molecular weight is 416 g/mol. The number of nitrogens with zero attached hydrogens (tertiary/aromatic N) is 3. The molecule has 2 aliphatic heterocycles. The fourth-order valence-corrected chi connectivity index (χ4v) is 4.10. The fourth-order valence-electron chi connectivity index (χ4n) is 3.85. The van der Waals surface area contributed by atoms with Crippen LogP contribution in [0.25, 0.3) is 0 Å². The molecule has 2 fully saturated rings. The maximum atomic E-state index is 13.2. The smallest absolute Gasteiger partial charge is 0.332 e. The number of urea groups is 1. The van der Waals surface area contributed by atoms with Gasteiger partial charge in [0.2, 0.25) is 0 Å². The van der Waals surface area contributed by atoms with E-state index in [0.717, 1.165) is 6.07 Å². The van der Waals surface area contributed by atoms with Gasteiger partial charge in [0, 0.05) is 19.1 Å². The van der Waals surface area contributed by atoms with Crippen LogP contribution in [-0.2, 0) is 4.79 Å². The zero-order valence-electron chi connectivity index (χ0n) is 15.6. The van der Waals surface area contributed by atoms with Gasteiger partial charge in [0.05, 0.1) is 16.3 Å². The summed E-state index contributed by atoms with van der Waals surface area (Å²) in [6.45, 7) is 0.900. The van der Waals surface area contributed by atoms with Crippen LogP contribution in [0.15, 0.2) is 48.5 Å².